The number of halogens is 6. The number of fused-ring (bicyclic) bond motifs is 1. The SMILES string of the molecule is CC=C(C(=O)OCC)c1c(N(C)C(=O)C(C)C)ccc2c1OCC(C(F)(F)F)N2CC(F)(F)F. The van der Waals surface area contributed by atoms with E-state index in [1.54, 1.807) is 13.8 Å². The number of hydrogen-bond acceptors (Lipinski definition) is 5. The van der Waals surface area contributed by atoms with Gasteiger partial charge in [0.1, 0.15) is 13.2 Å². The van der Waals surface area contributed by atoms with Gasteiger partial charge in [-0.3, -0.25) is 4.79 Å². The average Bonchev–Trinajstić information content (AvgIpc) is 2.71. The van der Waals surface area contributed by atoms with Crippen molar-refractivity contribution >= 4 is 28.8 Å². The Morgan fingerprint density at radius 1 is 1.24 bits per heavy atom. The molecule has 1 atom stereocenters. The van der Waals surface area contributed by atoms with Crippen LogP contribution in [0.1, 0.15) is 33.3 Å². The first-order valence-electron chi connectivity index (χ1n) is 10.4. The second kappa shape index (κ2) is 10.1. The molecule has 0 spiro atoms. The van der Waals surface area contributed by atoms with Crippen LogP contribution in [0.4, 0.5) is 37.7 Å². The summed E-state index contributed by atoms with van der Waals surface area (Å²) >= 11 is 0. The highest BCUT2D eigenvalue weighted by atomic mass is 19.4. The van der Waals surface area contributed by atoms with Crippen molar-refractivity contribution in [1.82, 2.24) is 0 Å². The summed E-state index contributed by atoms with van der Waals surface area (Å²) in [7, 11) is 1.39. The van der Waals surface area contributed by atoms with Gasteiger partial charge in [-0.15, -0.1) is 0 Å². The first-order chi connectivity index (χ1) is 15.6. The number of amides is 1. The Morgan fingerprint density at radius 3 is 2.32 bits per heavy atom. The number of carbonyl (C=O) groups excluding carboxylic acids is 2. The third-order valence-electron chi connectivity index (χ3n) is 5.15. The number of rotatable bonds is 6. The number of hydrogen-bond donors (Lipinski definition) is 0. The molecule has 0 fully saturated rings. The summed E-state index contributed by atoms with van der Waals surface area (Å²) in [6.07, 6.45) is -8.67. The van der Waals surface area contributed by atoms with Gasteiger partial charge in [0.25, 0.3) is 0 Å². The molecule has 34 heavy (non-hydrogen) atoms. The molecule has 0 radical (unpaired) electrons. The van der Waals surface area contributed by atoms with E-state index in [9.17, 15) is 35.9 Å². The second-order valence-corrected chi connectivity index (χ2v) is 7.89. The van der Waals surface area contributed by atoms with Crippen molar-refractivity contribution in [3.05, 3.63) is 23.8 Å². The first-order valence-corrected chi connectivity index (χ1v) is 10.4. The predicted octanol–water partition coefficient (Wildman–Crippen LogP) is 4.96. The van der Waals surface area contributed by atoms with Gasteiger partial charge in [0, 0.05) is 13.0 Å². The minimum Gasteiger partial charge on any atom is -0.488 e. The van der Waals surface area contributed by atoms with Gasteiger partial charge in [-0.25, -0.2) is 4.79 Å². The van der Waals surface area contributed by atoms with Crippen LogP contribution in [-0.2, 0) is 14.3 Å². The maximum absolute atomic E-state index is 13.6. The standard InChI is InChI=1S/C22H26F6N2O4/c1-6-13(20(32)33-7-2)17-14(29(5)19(31)12(3)4)8-9-15-18(17)34-10-16(22(26,27)28)30(15)11-21(23,24)25/h6,8-9,12,16H,7,10-11H2,1-5H3. The van der Waals surface area contributed by atoms with Crippen molar-refractivity contribution in [2.45, 2.75) is 46.1 Å². The lowest BCUT2D eigenvalue weighted by molar-refractivity contribution is -0.166. The Kier molecular flexibility index (Phi) is 8.15. The van der Waals surface area contributed by atoms with Gasteiger partial charge in [-0.1, -0.05) is 19.9 Å². The fraction of sp³-hybridized carbons (Fsp3) is 0.545. The van der Waals surface area contributed by atoms with Crippen molar-refractivity contribution in [2.75, 3.05) is 36.6 Å². The molecule has 0 N–H and O–H groups in total. The van der Waals surface area contributed by atoms with E-state index in [4.69, 9.17) is 9.47 Å². The molecule has 0 aromatic heterocycles. The molecule has 6 nitrogen and oxygen atoms in total. The normalized spacial score (nSPS) is 16.8. The largest absolute Gasteiger partial charge is 0.488 e. The summed E-state index contributed by atoms with van der Waals surface area (Å²) in [5, 5.41) is 0. The van der Waals surface area contributed by atoms with Crippen molar-refractivity contribution in [3.63, 3.8) is 0 Å². The Morgan fingerprint density at radius 2 is 1.85 bits per heavy atom. The van der Waals surface area contributed by atoms with Crippen LogP contribution < -0.4 is 14.5 Å². The predicted molar refractivity (Wildman–Crippen MR) is 114 cm³/mol. The summed E-state index contributed by atoms with van der Waals surface area (Å²) in [5.41, 5.74) is -0.702. The van der Waals surface area contributed by atoms with Crippen LogP contribution in [0.15, 0.2) is 18.2 Å². The fourth-order valence-corrected chi connectivity index (χ4v) is 3.63. The Hall–Kier alpha value is -2.92. The summed E-state index contributed by atoms with van der Waals surface area (Å²) in [4.78, 5) is 26.6. The number of esters is 1. The molecule has 0 aliphatic carbocycles. The van der Waals surface area contributed by atoms with E-state index in [0.717, 1.165) is 6.07 Å². The molecule has 1 aliphatic heterocycles. The number of nitrogens with zero attached hydrogens (tertiary/aromatic N) is 2. The number of anilines is 2. The maximum Gasteiger partial charge on any atom is 0.412 e. The molecule has 12 heteroatoms. The zero-order chi connectivity index (χ0) is 26.0. The lowest BCUT2D eigenvalue weighted by Gasteiger charge is -2.41. The molecule has 1 aromatic rings. The fourth-order valence-electron chi connectivity index (χ4n) is 3.63. The van der Waals surface area contributed by atoms with E-state index in [1.807, 2.05) is 0 Å². The molecule has 0 bridgehead atoms. The number of carbonyl (C=O) groups is 2. The van der Waals surface area contributed by atoms with Crippen LogP contribution in [0.25, 0.3) is 5.57 Å². The molecule has 1 aliphatic rings. The zero-order valence-electron chi connectivity index (χ0n) is 19.3. The number of benzene rings is 1. The lowest BCUT2D eigenvalue weighted by atomic mass is 9.97. The van der Waals surface area contributed by atoms with E-state index in [-0.39, 0.29) is 34.1 Å². The highest BCUT2D eigenvalue weighted by Crippen LogP contribution is 2.48. The van der Waals surface area contributed by atoms with Crippen molar-refractivity contribution in [1.29, 1.82) is 0 Å². The summed E-state index contributed by atoms with van der Waals surface area (Å²) in [6, 6.07) is -0.338. The molecule has 0 saturated heterocycles. The highest BCUT2D eigenvalue weighted by molar-refractivity contribution is 6.20. The molecule has 1 unspecified atom stereocenters. The number of ether oxygens (including phenoxy) is 2. The highest BCUT2D eigenvalue weighted by Gasteiger charge is 2.50. The van der Waals surface area contributed by atoms with E-state index in [0.29, 0.717) is 0 Å². The summed E-state index contributed by atoms with van der Waals surface area (Å²) in [5.74, 6) is -2.11. The molecule has 0 saturated carbocycles. The number of alkyl halides is 6. The van der Waals surface area contributed by atoms with Gasteiger partial charge in [0.2, 0.25) is 5.91 Å². The van der Waals surface area contributed by atoms with Gasteiger partial charge in [0.15, 0.2) is 11.8 Å². The van der Waals surface area contributed by atoms with Crippen molar-refractivity contribution in [3.8, 4) is 5.75 Å². The Bertz CT molecular complexity index is 956. The third kappa shape index (κ3) is 5.76. The lowest BCUT2D eigenvalue weighted by Crippen LogP contribution is -2.55. The Balaban J connectivity index is 2.83. The van der Waals surface area contributed by atoms with Gasteiger partial charge in [-0.05, 0) is 26.0 Å². The van der Waals surface area contributed by atoms with Gasteiger partial charge >= 0.3 is 18.3 Å². The van der Waals surface area contributed by atoms with Crippen LogP contribution >= 0.6 is 0 Å². The topological polar surface area (TPSA) is 59.1 Å². The van der Waals surface area contributed by atoms with Crippen LogP contribution in [0.5, 0.6) is 5.75 Å². The molecule has 2 rings (SSSR count). The summed E-state index contributed by atoms with van der Waals surface area (Å²) in [6.45, 7) is 3.18. The van der Waals surface area contributed by atoms with Crippen LogP contribution in [-0.4, -0.2) is 57.1 Å². The zero-order valence-corrected chi connectivity index (χ0v) is 19.3. The molecule has 1 aromatic carbocycles. The monoisotopic (exact) mass is 496 g/mol. The number of allylic oxidation sites excluding steroid dienone is 1. The van der Waals surface area contributed by atoms with E-state index < -0.39 is 55.0 Å². The van der Waals surface area contributed by atoms with Crippen molar-refractivity contribution < 1.29 is 45.4 Å². The Labute approximate surface area is 193 Å². The van der Waals surface area contributed by atoms with Crippen LogP contribution in [0.2, 0.25) is 0 Å². The second-order valence-electron chi connectivity index (χ2n) is 7.89. The van der Waals surface area contributed by atoms with Crippen LogP contribution in [0.3, 0.4) is 0 Å². The van der Waals surface area contributed by atoms with Gasteiger partial charge < -0.3 is 19.3 Å². The van der Waals surface area contributed by atoms with Crippen molar-refractivity contribution in [2.24, 2.45) is 5.92 Å². The summed E-state index contributed by atoms with van der Waals surface area (Å²) < 4.78 is 90.9. The van der Waals surface area contributed by atoms with E-state index in [1.165, 1.54) is 37.9 Å². The molecular weight excluding hydrogens is 470 g/mol. The molecule has 190 valence electrons. The average molecular weight is 496 g/mol. The minimum absolute atomic E-state index is 0.0293. The van der Waals surface area contributed by atoms with Crippen LogP contribution in [0, 0.1) is 5.92 Å². The van der Waals surface area contributed by atoms with E-state index >= 15 is 0 Å². The maximum atomic E-state index is 13.6. The van der Waals surface area contributed by atoms with Gasteiger partial charge in [0.05, 0.1) is 29.1 Å². The molecule has 1 heterocycles. The quantitative estimate of drug-likeness (QED) is 0.317. The third-order valence-corrected chi connectivity index (χ3v) is 5.15. The smallest absolute Gasteiger partial charge is 0.412 e. The van der Waals surface area contributed by atoms with E-state index in [2.05, 4.69) is 0 Å². The first kappa shape index (κ1) is 27.3. The molecule has 1 amide bonds. The van der Waals surface area contributed by atoms with Gasteiger partial charge in [-0.2, -0.15) is 26.3 Å². The molecular formula is C22H26F6N2O4. The minimum atomic E-state index is -5.02.